The monoisotopic (exact) mass is 404 g/mol. The summed E-state index contributed by atoms with van der Waals surface area (Å²) in [5, 5.41) is 0. The van der Waals surface area contributed by atoms with Crippen molar-refractivity contribution >= 4 is 12.2 Å². The topological polar surface area (TPSA) is 70.5 Å². The first kappa shape index (κ1) is 21.7. The normalized spacial score (nSPS) is 16.3. The Balaban J connectivity index is 1.49. The molecule has 0 aliphatic heterocycles. The van der Waals surface area contributed by atoms with E-state index in [1.165, 1.54) is 19.3 Å². The third-order valence-electron chi connectivity index (χ3n) is 5.04. The highest BCUT2D eigenvalue weighted by atomic mass is 16.5. The molecule has 1 unspecified atom stereocenters. The Hall–Kier alpha value is -2.98. The summed E-state index contributed by atoms with van der Waals surface area (Å²) in [5.74, 6) is 2.45. The molecule has 0 heterocycles. The number of unbranched alkanes of at least 4 members (excludes halogenated alkanes) is 3. The van der Waals surface area contributed by atoms with Crippen LogP contribution in [0.2, 0.25) is 0 Å². The lowest BCUT2D eigenvalue weighted by Crippen LogP contribution is -2.29. The van der Waals surface area contributed by atoms with E-state index in [0.29, 0.717) is 12.1 Å². The molecule has 0 amide bonds. The summed E-state index contributed by atoms with van der Waals surface area (Å²) in [5.41, 5.74) is 14.7. The number of hydrogen-bond donors (Lipinski definition) is 2. The van der Waals surface area contributed by atoms with Crippen molar-refractivity contribution < 1.29 is 9.47 Å². The lowest BCUT2D eigenvalue weighted by molar-refractivity contribution is 0.305. The van der Waals surface area contributed by atoms with Gasteiger partial charge in [0.2, 0.25) is 0 Å². The number of ether oxygens (including phenoxy) is 2. The van der Waals surface area contributed by atoms with Gasteiger partial charge in [0.1, 0.15) is 17.3 Å². The lowest BCUT2D eigenvalue weighted by Gasteiger charge is -2.17. The minimum absolute atomic E-state index is 0.115. The van der Waals surface area contributed by atoms with Gasteiger partial charge >= 0.3 is 0 Å². The highest BCUT2D eigenvalue weighted by Crippen LogP contribution is 2.21. The predicted molar refractivity (Wildman–Crippen MR) is 125 cm³/mol. The molecule has 2 aromatic carbocycles. The van der Waals surface area contributed by atoms with Gasteiger partial charge in [0.05, 0.1) is 6.61 Å². The quantitative estimate of drug-likeness (QED) is 0.396. The molecule has 0 saturated carbocycles. The van der Waals surface area contributed by atoms with Gasteiger partial charge in [-0.15, -0.1) is 0 Å². The highest BCUT2D eigenvalue weighted by molar-refractivity contribution is 5.70. The Labute approximate surface area is 179 Å². The van der Waals surface area contributed by atoms with Gasteiger partial charge in [-0.3, -0.25) is 0 Å². The van der Waals surface area contributed by atoms with Crippen LogP contribution in [0.25, 0.3) is 12.2 Å². The number of rotatable bonds is 10. The van der Waals surface area contributed by atoms with Gasteiger partial charge in [-0.2, -0.15) is 0 Å². The highest BCUT2D eigenvalue weighted by Gasteiger charge is 2.12. The summed E-state index contributed by atoms with van der Waals surface area (Å²) in [6, 6.07) is 16.1. The van der Waals surface area contributed by atoms with Crippen molar-refractivity contribution in [3.05, 3.63) is 83.3 Å². The molecule has 4 N–H and O–H groups in total. The van der Waals surface area contributed by atoms with Crippen molar-refractivity contribution in [1.82, 2.24) is 0 Å². The van der Waals surface area contributed by atoms with E-state index in [9.17, 15) is 0 Å². The fraction of sp³-hybridized carbons (Fsp3) is 0.308. The van der Waals surface area contributed by atoms with E-state index < -0.39 is 0 Å². The molecule has 0 radical (unpaired) electrons. The third kappa shape index (κ3) is 6.82. The summed E-state index contributed by atoms with van der Waals surface area (Å²) in [6.45, 7) is 3.00. The summed E-state index contributed by atoms with van der Waals surface area (Å²) >= 11 is 0. The minimum atomic E-state index is -0.115. The van der Waals surface area contributed by atoms with Crippen LogP contribution in [-0.4, -0.2) is 12.6 Å². The predicted octanol–water partition coefficient (Wildman–Crippen LogP) is 5.65. The second-order valence-corrected chi connectivity index (χ2v) is 7.58. The smallest absolute Gasteiger partial charge is 0.127 e. The van der Waals surface area contributed by atoms with Crippen LogP contribution < -0.4 is 20.9 Å². The molecule has 1 aliphatic rings. The van der Waals surface area contributed by atoms with Gasteiger partial charge < -0.3 is 20.9 Å². The van der Waals surface area contributed by atoms with Crippen molar-refractivity contribution in [2.45, 2.75) is 45.1 Å². The van der Waals surface area contributed by atoms with Crippen LogP contribution in [0.5, 0.6) is 11.5 Å². The first-order chi connectivity index (χ1) is 14.6. The summed E-state index contributed by atoms with van der Waals surface area (Å²) in [6.07, 6.45) is 13.5. The molecule has 1 atom stereocenters. The van der Waals surface area contributed by atoms with Gasteiger partial charge in [-0.05, 0) is 54.3 Å². The standard InChI is InChI=1S/C26H32N2O2/c1-2-3-4-5-18-29-22-12-8-20(9-13-22)6-7-21-10-14-23(15-11-21)30-24-16-17-25(27)26(28)19-24/h6-16,19,25H,2-5,17-18,27-28H2,1H3. The minimum Gasteiger partial charge on any atom is -0.494 e. The fourth-order valence-corrected chi connectivity index (χ4v) is 3.15. The van der Waals surface area contributed by atoms with Gasteiger partial charge in [-0.1, -0.05) is 62.6 Å². The Morgan fingerprint density at radius 2 is 1.53 bits per heavy atom. The van der Waals surface area contributed by atoms with E-state index >= 15 is 0 Å². The average molecular weight is 405 g/mol. The maximum atomic E-state index is 5.89. The number of hydrogen-bond acceptors (Lipinski definition) is 4. The van der Waals surface area contributed by atoms with Crippen LogP contribution in [0.4, 0.5) is 0 Å². The molecule has 2 aromatic rings. The van der Waals surface area contributed by atoms with Gasteiger partial charge in [0, 0.05) is 17.8 Å². The van der Waals surface area contributed by atoms with Crippen molar-refractivity contribution in [3.63, 3.8) is 0 Å². The first-order valence-corrected chi connectivity index (χ1v) is 10.8. The second-order valence-electron chi connectivity index (χ2n) is 7.58. The summed E-state index contributed by atoms with van der Waals surface area (Å²) in [7, 11) is 0. The molecule has 3 rings (SSSR count). The van der Waals surface area contributed by atoms with E-state index in [-0.39, 0.29) is 6.04 Å². The fourth-order valence-electron chi connectivity index (χ4n) is 3.15. The summed E-state index contributed by atoms with van der Waals surface area (Å²) < 4.78 is 11.7. The van der Waals surface area contributed by atoms with E-state index in [2.05, 4.69) is 31.2 Å². The van der Waals surface area contributed by atoms with E-state index in [0.717, 1.165) is 41.4 Å². The molecule has 0 saturated heterocycles. The maximum absolute atomic E-state index is 5.89. The average Bonchev–Trinajstić information content (AvgIpc) is 2.76. The van der Waals surface area contributed by atoms with E-state index in [4.69, 9.17) is 20.9 Å². The van der Waals surface area contributed by atoms with Crippen molar-refractivity contribution in [2.24, 2.45) is 11.5 Å². The molecule has 4 heteroatoms. The largest absolute Gasteiger partial charge is 0.494 e. The molecule has 0 bridgehead atoms. The van der Waals surface area contributed by atoms with Gasteiger partial charge in [0.15, 0.2) is 0 Å². The van der Waals surface area contributed by atoms with E-state index in [1.54, 1.807) is 6.08 Å². The molecule has 0 fully saturated rings. The zero-order chi connectivity index (χ0) is 21.2. The van der Waals surface area contributed by atoms with Crippen LogP contribution in [-0.2, 0) is 0 Å². The molecular weight excluding hydrogens is 372 g/mol. The molecule has 30 heavy (non-hydrogen) atoms. The Morgan fingerprint density at radius 1 is 0.900 bits per heavy atom. The maximum Gasteiger partial charge on any atom is 0.127 e. The van der Waals surface area contributed by atoms with Crippen LogP contribution >= 0.6 is 0 Å². The van der Waals surface area contributed by atoms with Crippen molar-refractivity contribution in [1.29, 1.82) is 0 Å². The van der Waals surface area contributed by atoms with E-state index in [1.807, 2.05) is 42.5 Å². The summed E-state index contributed by atoms with van der Waals surface area (Å²) in [4.78, 5) is 0. The number of benzene rings is 2. The third-order valence-corrected chi connectivity index (χ3v) is 5.04. The molecular formula is C26H32N2O2. The Kier molecular flexibility index (Phi) is 8.16. The molecule has 1 aliphatic carbocycles. The van der Waals surface area contributed by atoms with Crippen LogP contribution in [0.3, 0.4) is 0 Å². The SMILES string of the molecule is CCCCCCOc1ccc(C=Cc2ccc(OC3=CCC(N)C(N)=C3)cc2)cc1. The van der Waals surface area contributed by atoms with Crippen molar-refractivity contribution in [3.8, 4) is 11.5 Å². The zero-order valence-electron chi connectivity index (χ0n) is 17.7. The van der Waals surface area contributed by atoms with Crippen LogP contribution in [0.1, 0.15) is 50.2 Å². The molecule has 158 valence electrons. The molecule has 4 nitrogen and oxygen atoms in total. The van der Waals surface area contributed by atoms with Gasteiger partial charge in [0.25, 0.3) is 0 Å². The van der Waals surface area contributed by atoms with Crippen LogP contribution in [0.15, 0.2) is 72.1 Å². The Bertz CT molecular complexity index is 880. The lowest BCUT2D eigenvalue weighted by atomic mass is 10.1. The zero-order valence-corrected chi connectivity index (χ0v) is 17.7. The molecule has 0 spiro atoms. The Morgan fingerprint density at radius 3 is 2.13 bits per heavy atom. The number of nitrogens with two attached hydrogens (primary N) is 2. The number of allylic oxidation sites excluding steroid dienone is 1. The van der Waals surface area contributed by atoms with Crippen molar-refractivity contribution in [2.75, 3.05) is 6.61 Å². The second kappa shape index (κ2) is 11.3. The molecule has 0 aromatic heterocycles. The van der Waals surface area contributed by atoms with Crippen LogP contribution in [0, 0.1) is 0 Å². The first-order valence-electron chi connectivity index (χ1n) is 10.8. The van der Waals surface area contributed by atoms with Gasteiger partial charge in [-0.25, -0.2) is 0 Å².